The van der Waals surface area contributed by atoms with E-state index in [0.29, 0.717) is 11.4 Å². The number of aromatic carboxylic acids is 1. The number of hydrogen-bond donors (Lipinski definition) is 0. The molecule has 0 saturated carbocycles. The summed E-state index contributed by atoms with van der Waals surface area (Å²) >= 11 is 6.18. The average Bonchev–Trinajstić information content (AvgIpc) is 3.06. The van der Waals surface area contributed by atoms with Crippen molar-refractivity contribution < 1.29 is 14.4 Å². The largest absolute Gasteiger partial charge is 0.545 e. The fraction of sp³-hybridized carbons (Fsp3) is 0. The highest BCUT2D eigenvalue weighted by Crippen LogP contribution is 2.23. The second kappa shape index (κ2) is 6.46. The van der Waals surface area contributed by atoms with Crippen molar-refractivity contribution in [2.24, 2.45) is 0 Å². The normalized spacial score (nSPS) is 11.4. The van der Waals surface area contributed by atoms with Gasteiger partial charge in [0, 0.05) is 5.56 Å². The van der Waals surface area contributed by atoms with Crippen LogP contribution >= 0.6 is 11.6 Å². The Morgan fingerprint density at radius 3 is 2.43 bits per heavy atom. The number of carbonyl (C=O) groups is 1. The zero-order valence-electron chi connectivity index (χ0n) is 11.8. The molecule has 23 heavy (non-hydrogen) atoms. The fourth-order valence-electron chi connectivity index (χ4n) is 1.95. The van der Waals surface area contributed by atoms with Gasteiger partial charge >= 0.3 is 0 Å². The van der Waals surface area contributed by atoms with E-state index in [1.54, 1.807) is 18.2 Å². The zero-order chi connectivity index (χ0) is 16.2. The second-order valence-corrected chi connectivity index (χ2v) is 5.10. The number of carboxylic acids is 1. The van der Waals surface area contributed by atoms with Crippen LogP contribution in [0.4, 0.5) is 0 Å². The quantitative estimate of drug-likeness (QED) is 0.737. The molecule has 3 aromatic rings. The van der Waals surface area contributed by atoms with E-state index in [1.165, 1.54) is 12.1 Å². The first-order chi connectivity index (χ1) is 11.1. The van der Waals surface area contributed by atoms with Gasteiger partial charge in [0.25, 0.3) is 5.89 Å². The summed E-state index contributed by atoms with van der Waals surface area (Å²) in [6, 6.07) is 15.5. The standard InChI is InChI=1S/C17H11ClN2O3/c18-14(10-11-6-8-13(9-7-11)17(21)22)16-19-15(20-23-16)12-4-2-1-3-5-12/h1-10H,(H,21,22)/p-1/b14-10-. The number of nitrogens with zero attached hydrogens (tertiary/aromatic N) is 2. The Labute approximate surface area is 136 Å². The molecule has 0 spiro atoms. The van der Waals surface area contributed by atoms with Gasteiger partial charge < -0.3 is 14.4 Å². The lowest BCUT2D eigenvalue weighted by Crippen LogP contribution is -2.21. The summed E-state index contributed by atoms with van der Waals surface area (Å²) in [4.78, 5) is 14.9. The molecule has 0 bridgehead atoms. The molecule has 2 aromatic carbocycles. The molecule has 0 aliphatic carbocycles. The third kappa shape index (κ3) is 3.46. The summed E-state index contributed by atoms with van der Waals surface area (Å²) in [6.45, 7) is 0. The minimum absolute atomic E-state index is 0.0995. The molecule has 5 nitrogen and oxygen atoms in total. The van der Waals surface area contributed by atoms with Crippen LogP contribution in [0.3, 0.4) is 0 Å². The molecule has 0 aliphatic rings. The van der Waals surface area contributed by atoms with Crippen molar-refractivity contribution in [3.8, 4) is 11.4 Å². The Morgan fingerprint density at radius 1 is 1.09 bits per heavy atom. The first-order valence-corrected chi connectivity index (χ1v) is 7.09. The molecular formula is C17H10ClN2O3-. The minimum Gasteiger partial charge on any atom is -0.545 e. The van der Waals surface area contributed by atoms with Crippen LogP contribution in [0, 0.1) is 0 Å². The van der Waals surface area contributed by atoms with Crippen LogP contribution in [0.5, 0.6) is 0 Å². The number of hydrogen-bond acceptors (Lipinski definition) is 5. The van der Waals surface area contributed by atoms with Crippen LogP contribution in [0.2, 0.25) is 0 Å². The molecule has 6 heteroatoms. The molecular weight excluding hydrogens is 316 g/mol. The molecule has 0 unspecified atom stereocenters. The van der Waals surface area contributed by atoms with E-state index in [2.05, 4.69) is 10.1 Å². The summed E-state index contributed by atoms with van der Waals surface area (Å²) in [5, 5.41) is 14.9. The van der Waals surface area contributed by atoms with Gasteiger partial charge in [-0.2, -0.15) is 4.98 Å². The highest BCUT2D eigenvalue weighted by molar-refractivity contribution is 6.50. The molecule has 0 radical (unpaired) electrons. The van der Waals surface area contributed by atoms with Crippen molar-refractivity contribution in [1.82, 2.24) is 10.1 Å². The van der Waals surface area contributed by atoms with Crippen LogP contribution in [-0.2, 0) is 0 Å². The number of aromatic nitrogens is 2. The summed E-state index contributed by atoms with van der Waals surface area (Å²) in [6.07, 6.45) is 1.61. The highest BCUT2D eigenvalue weighted by atomic mass is 35.5. The van der Waals surface area contributed by atoms with E-state index in [4.69, 9.17) is 16.1 Å². The fourth-order valence-corrected chi connectivity index (χ4v) is 2.15. The van der Waals surface area contributed by atoms with Crippen LogP contribution < -0.4 is 5.11 Å². The zero-order valence-corrected chi connectivity index (χ0v) is 12.5. The average molecular weight is 326 g/mol. The number of halogens is 1. The Balaban J connectivity index is 1.84. The van der Waals surface area contributed by atoms with Gasteiger partial charge in [0.15, 0.2) is 0 Å². The molecule has 1 heterocycles. The lowest BCUT2D eigenvalue weighted by Gasteiger charge is -2.01. The maximum atomic E-state index is 10.7. The van der Waals surface area contributed by atoms with Crippen LogP contribution in [-0.4, -0.2) is 16.1 Å². The Hall–Kier alpha value is -2.92. The van der Waals surface area contributed by atoms with E-state index in [0.717, 1.165) is 5.56 Å². The van der Waals surface area contributed by atoms with Crippen LogP contribution in [0.15, 0.2) is 59.1 Å². The van der Waals surface area contributed by atoms with Gasteiger partial charge in [0.05, 0.1) is 5.97 Å². The molecule has 3 rings (SSSR count). The Kier molecular flexibility index (Phi) is 4.21. The third-order valence-corrected chi connectivity index (χ3v) is 3.37. The van der Waals surface area contributed by atoms with Gasteiger partial charge in [-0.05, 0) is 17.2 Å². The predicted octanol–water partition coefficient (Wildman–Crippen LogP) is 2.84. The lowest BCUT2D eigenvalue weighted by atomic mass is 10.1. The topological polar surface area (TPSA) is 79.0 Å². The van der Waals surface area contributed by atoms with Gasteiger partial charge in [0.2, 0.25) is 5.82 Å². The lowest BCUT2D eigenvalue weighted by molar-refractivity contribution is -0.255. The van der Waals surface area contributed by atoms with Gasteiger partial charge in [-0.15, -0.1) is 0 Å². The molecule has 0 N–H and O–H groups in total. The molecule has 0 amide bonds. The van der Waals surface area contributed by atoms with Crippen molar-refractivity contribution in [3.63, 3.8) is 0 Å². The van der Waals surface area contributed by atoms with Gasteiger partial charge in [-0.3, -0.25) is 0 Å². The van der Waals surface area contributed by atoms with Gasteiger partial charge in [-0.1, -0.05) is 71.4 Å². The van der Waals surface area contributed by atoms with Crippen molar-refractivity contribution in [3.05, 3.63) is 71.6 Å². The van der Waals surface area contributed by atoms with Crippen molar-refractivity contribution in [1.29, 1.82) is 0 Å². The maximum Gasteiger partial charge on any atom is 0.269 e. The smallest absolute Gasteiger partial charge is 0.269 e. The summed E-state index contributed by atoms with van der Waals surface area (Å²) in [5.41, 5.74) is 1.63. The van der Waals surface area contributed by atoms with Crippen molar-refractivity contribution in [2.75, 3.05) is 0 Å². The first kappa shape index (κ1) is 15.0. The molecule has 0 saturated heterocycles. The van der Waals surface area contributed by atoms with Crippen molar-refractivity contribution >= 4 is 28.7 Å². The monoisotopic (exact) mass is 325 g/mol. The number of rotatable bonds is 4. The van der Waals surface area contributed by atoms with E-state index in [-0.39, 0.29) is 16.5 Å². The summed E-state index contributed by atoms with van der Waals surface area (Å²) in [7, 11) is 0. The second-order valence-electron chi connectivity index (χ2n) is 4.69. The van der Waals surface area contributed by atoms with E-state index in [1.807, 2.05) is 30.3 Å². The number of carbonyl (C=O) groups excluding carboxylic acids is 1. The van der Waals surface area contributed by atoms with Crippen LogP contribution in [0.25, 0.3) is 22.5 Å². The molecule has 0 fully saturated rings. The minimum atomic E-state index is -1.23. The Morgan fingerprint density at radius 2 is 1.78 bits per heavy atom. The SMILES string of the molecule is O=C([O-])c1ccc(/C=C(\Cl)c2nc(-c3ccccc3)no2)cc1. The maximum absolute atomic E-state index is 10.7. The van der Waals surface area contributed by atoms with E-state index >= 15 is 0 Å². The van der Waals surface area contributed by atoms with Crippen LogP contribution in [0.1, 0.15) is 21.8 Å². The summed E-state index contributed by atoms with van der Waals surface area (Å²) in [5.74, 6) is -0.593. The first-order valence-electron chi connectivity index (χ1n) is 6.71. The Bertz CT molecular complexity index is 855. The summed E-state index contributed by atoms with van der Waals surface area (Å²) < 4.78 is 5.15. The van der Waals surface area contributed by atoms with Crippen molar-refractivity contribution in [2.45, 2.75) is 0 Å². The number of carboxylic acid groups (broad SMARTS) is 1. The molecule has 0 aliphatic heterocycles. The predicted molar refractivity (Wildman–Crippen MR) is 84.2 cm³/mol. The molecule has 0 atom stereocenters. The van der Waals surface area contributed by atoms with Gasteiger partial charge in [-0.25, -0.2) is 0 Å². The highest BCUT2D eigenvalue weighted by Gasteiger charge is 2.11. The third-order valence-electron chi connectivity index (χ3n) is 3.10. The van der Waals surface area contributed by atoms with E-state index < -0.39 is 5.97 Å². The van der Waals surface area contributed by atoms with Gasteiger partial charge in [0.1, 0.15) is 5.03 Å². The number of benzene rings is 2. The molecule has 114 valence electrons. The molecule has 1 aromatic heterocycles. The van der Waals surface area contributed by atoms with E-state index in [9.17, 15) is 9.90 Å².